The van der Waals surface area contributed by atoms with Gasteiger partial charge in [-0.05, 0) is 13.3 Å². The van der Waals surface area contributed by atoms with Crippen molar-refractivity contribution in [1.29, 1.82) is 0 Å². The Hall–Kier alpha value is -2.71. The SMILES string of the molecule is CCCOC(=O)C[C@@H](C(=O)OCC)n1cnc2c(N)ncnc21. The molecule has 0 unspecified atom stereocenters. The molecular weight excluding hydrogens is 302 g/mol. The maximum absolute atomic E-state index is 12.2. The Morgan fingerprint density at radius 3 is 2.74 bits per heavy atom. The van der Waals surface area contributed by atoms with Gasteiger partial charge in [0.25, 0.3) is 0 Å². The molecule has 0 saturated carbocycles. The molecule has 0 saturated heterocycles. The van der Waals surface area contributed by atoms with Crippen LogP contribution >= 0.6 is 0 Å². The zero-order chi connectivity index (χ0) is 16.8. The van der Waals surface area contributed by atoms with Gasteiger partial charge in [0, 0.05) is 0 Å². The Kier molecular flexibility index (Phi) is 5.45. The number of anilines is 1. The standard InChI is InChI=1S/C14H19N5O4/c1-3-5-23-10(20)6-9(14(21)22-4-2)19-8-18-11-12(15)16-7-17-13(11)19/h7-9H,3-6H2,1-2H3,(H2,15,16,17)/t9-/m0/s1. The van der Waals surface area contributed by atoms with Crippen molar-refractivity contribution in [2.45, 2.75) is 32.7 Å². The van der Waals surface area contributed by atoms with Crippen LogP contribution in [0.5, 0.6) is 0 Å². The van der Waals surface area contributed by atoms with Gasteiger partial charge in [-0.15, -0.1) is 0 Å². The van der Waals surface area contributed by atoms with Gasteiger partial charge in [-0.2, -0.15) is 0 Å². The van der Waals surface area contributed by atoms with Gasteiger partial charge >= 0.3 is 11.9 Å². The van der Waals surface area contributed by atoms with Gasteiger partial charge < -0.3 is 19.8 Å². The van der Waals surface area contributed by atoms with Crippen LogP contribution in [0.25, 0.3) is 11.2 Å². The van der Waals surface area contributed by atoms with Crippen LogP contribution in [0.1, 0.15) is 32.7 Å². The molecule has 0 radical (unpaired) electrons. The minimum absolute atomic E-state index is 0.172. The van der Waals surface area contributed by atoms with E-state index in [0.717, 1.165) is 0 Å². The van der Waals surface area contributed by atoms with E-state index in [1.54, 1.807) is 6.92 Å². The number of hydrogen-bond donors (Lipinski definition) is 1. The average molecular weight is 321 g/mol. The van der Waals surface area contributed by atoms with Gasteiger partial charge in [-0.25, -0.2) is 19.7 Å². The molecule has 9 heteroatoms. The summed E-state index contributed by atoms with van der Waals surface area (Å²) in [6, 6.07) is -0.918. The molecule has 2 heterocycles. The van der Waals surface area contributed by atoms with Gasteiger partial charge in [-0.1, -0.05) is 6.92 Å². The molecule has 9 nitrogen and oxygen atoms in total. The molecular formula is C14H19N5O4. The highest BCUT2D eigenvalue weighted by atomic mass is 16.5. The Labute approximate surface area is 132 Å². The third-order valence-corrected chi connectivity index (χ3v) is 3.11. The molecule has 23 heavy (non-hydrogen) atoms. The Balaban J connectivity index is 2.33. The number of fused-ring (bicyclic) bond motifs is 1. The molecule has 0 amide bonds. The second-order valence-corrected chi connectivity index (χ2v) is 4.78. The molecule has 0 aromatic carbocycles. The highest BCUT2D eigenvalue weighted by molar-refractivity contribution is 5.86. The molecule has 2 N–H and O–H groups in total. The number of hydrogen-bond acceptors (Lipinski definition) is 8. The molecule has 0 bridgehead atoms. The van der Waals surface area contributed by atoms with Crippen LogP contribution in [0.4, 0.5) is 5.82 Å². The summed E-state index contributed by atoms with van der Waals surface area (Å²) in [5.41, 5.74) is 6.46. The summed E-state index contributed by atoms with van der Waals surface area (Å²) in [4.78, 5) is 36.2. The topological polar surface area (TPSA) is 122 Å². The maximum Gasteiger partial charge on any atom is 0.329 e. The van der Waals surface area contributed by atoms with Crippen LogP contribution < -0.4 is 5.73 Å². The summed E-state index contributed by atoms with van der Waals surface area (Å²) in [5, 5.41) is 0. The van der Waals surface area contributed by atoms with E-state index in [0.29, 0.717) is 24.2 Å². The highest BCUT2D eigenvalue weighted by Crippen LogP contribution is 2.22. The first-order chi connectivity index (χ1) is 11.1. The molecule has 2 aromatic heterocycles. The largest absolute Gasteiger partial charge is 0.466 e. The molecule has 1 atom stereocenters. The zero-order valence-corrected chi connectivity index (χ0v) is 13.1. The number of carbonyl (C=O) groups is 2. The van der Waals surface area contributed by atoms with E-state index in [9.17, 15) is 9.59 Å². The van der Waals surface area contributed by atoms with Crippen molar-refractivity contribution >= 4 is 28.9 Å². The molecule has 0 aliphatic heterocycles. The summed E-state index contributed by atoms with van der Waals surface area (Å²) in [6.07, 6.45) is 3.19. The number of nitrogens with two attached hydrogens (primary N) is 1. The number of rotatable bonds is 7. The number of ether oxygens (including phenoxy) is 2. The number of imidazole rings is 1. The monoisotopic (exact) mass is 321 g/mol. The number of nitrogens with zero attached hydrogens (tertiary/aromatic N) is 4. The summed E-state index contributed by atoms with van der Waals surface area (Å²) in [6.45, 7) is 4.08. The molecule has 124 valence electrons. The van der Waals surface area contributed by atoms with Crippen LogP contribution in [0.15, 0.2) is 12.7 Å². The number of carbonyl (C=O) groups excluding carboxylic acids is 2. The first kappa shape index (κ1) is 16.7. The maximum atomic E-state index is 12.2. The van der Waals surface area contributed by atoms with Gasteiger partial charge in [0.05, 0.1) is 26.0 Å². The van der Waals surface area contributed by atoms with E-state index in [1.165, 1.54) is 17.2 Å². The summed E-state index contributed by atoms with van der Waals surface area (Å²) in [7, 11) is 0. The first-order valence-corrected chi connectivity index (χ1v) is 7.33. The normalized spacial score (nSPS) is 12.1. The molecule has 0 spiro atoms. The van der Waals surface area contributed by atoms with E-state index in [1.807, 2.05) is 6.92 Å². The van der Waals surface area contributed by atoms with Gasteiger partial charge in [0.1, 0.15) is 17.9 Å². The average Bonchev–Trinajstić information content (AvgIpc) is 2.96. The fourth-order valence-electron chi connectivity index (χ4n) is 2.06. The quantitative estimate of drug-likeness (QED) is 0.745. The lowest BCUT2D eigenvalue weighted by Crippen LogP contribution is -2.25. The zero-order valence-electron chi connectivity index (χ0n) is 13.1. The molecule has 2 aromatic rings. The number of nitrogen functional groups attached to an aromatic ring is 1. The highest BCUT2D eigenvalue weighted by Gasteiger charge is 2.28. The van der Waals surface area contributed by atoms with E-state index in [4.69, 9.17) is 15.2 Å². The van der Waals surface area contributed by atoms with E-state index >= 15 is 0 Å². The smallest absolute Gasteiger partial charge is 0.329 e. The van der Waals surface area contributed by atoms with Crippen LogP contribution in [0.3, 0.4) is 0 Å². The van der Waals surface area contributed by atoms with E-state index in [2.05, 4.69) is 15.0 Å². The minimum Gasteiger partial charge on any atom is -0.466 e. The van der Waals surface area contributed by atoms with Gasteiger partial charge in [0.15, 0.2) is 11.5 Å². The van der Waals surface area contributed by atoms with Gasteiger partial charge in [-0.3, -0.25) is 4.79 Å². The number of aromatic nitrogens is 4. The Morgan fingerprint density at radius 1 is 1.26 bits per heavy atom. The fraction of sp³-hybridized carbons (Fsp3) is 0.500. The van der Waals surface area contributed by atoms with Crippen molar-refractivity contribution in [1.82, 2.24) is 19.5 Å². The van der Waals surface area contributed by atoms with Crippen molar-refractivity contribution in [3.05, 3.63) is 12.7 Å². The summed E-state index contributed by atoms with van der Waals surface area (Å²) in [5.74, 6) is -0.851. The van der Waals surface area contributed by atoms with Crippen LogP contribution in [-0.2, 0) is 19.1 Å². The van der Waals surface area contributed by atoms with Crippen molar-refractivity contribution in [2.24, 2.45) is 0 Å². The lowest BCUT2D eigenvalue weighted by molar-refractivity contribution is -0.154. The fourth-order valence-corrected chi connectivity index (χ4v) is 2.06. The Bertz CT molecular complexity index is 700. The third-order valence-electron chi connectivity index (χ3n) is 3.11. The van der Waals surface area contributed by atoms with Crippen molar-refractivity contribution in [3.8, 4) is 0 Å². The van der Waals surface area contributed by atoms with Crippen molar-refractivity contribution in [2.75, 3.05) is 18.9 Å². The third kappa shape index (κ3) is 3.74. The predicted molar refractivity (Wildman–Crippen MR) is 81.3 cm³/mol. The van der Waals surface area contributed by atoms with Crippen molar-refractivity contribution < 1.29 is 19.1 Å². The van der Waals surface area contributed by atoms with Crippen molar-refractivity contribution in [3.63, 3.8) is 0 Å². The second-order valence-electron chi connectivity index (χ2n) is 4.78. The predicted octanol–water partition coefficient (Wildman–Crippen LogP) is 0.856. The van der Waals surface area contributed by atoms with Gasteiger partial charge in [0.2, 0.25) is 0 Å². The number of esters is 2. The van der Waals surface area contributed by atoms with Crippen LogP contribution in [-0.4, -0.2) is 44.7 Å². The Morgan fingerprint density at radius 2 is 2.04 bits per heavy atom. The van der Waals surface area contributed by atoms with Crippen LogP contribution in [0.2, 0.25) is 0 Å². The second kappa shape index (κ2) is 7.52. The first-order valence-electron chi connectivity index (χ1n) is 7.33. The lowest BCUT2D eigenvalue weighted by atomic mass is 10.2. The van der Waals surface area contributed by atoms with E-state index in [-0.39, 0.29) is 18.8 Å². The lowest BCUT2D eigenvalue weighted by Gasteiger charge is -2.16. The molecule has 0 fully saturated rings. The molecule has 0 aliphatic carbocycles. The minimum atomic E-state index is -0.918. The molecule has 2 rings (SSSR count). The molecule has 0 aliphatic rings. The summed E-state index contributed by atoms with van der Waals surface area (Å²) < 4.78 is 11.5. The van der Waals surface area contributed by atoms with Crippen LogP contribution in [0, 0.1) is 0 Å². The summed E-state index contributed by atoms with van der Waals surface area (Å²) >= 11 is 0. The van der Waals surface area contributed by atoms with E-state index < -0.39 is 18.0 Å².